The number of carbonyl (C=O) groups excluding carboxylic acids is 1. The Balaban J connectivity index is 1.71. The van der Waals surface area contributed by atoms with Gasteiger partial charge in [-0.2, -0.15) is 0 Å². The van der Waals surface area contributed by atoms with Crippen LogP contribution < -0.4 is 5.32 Å². The van der Waals surface area contributed by atoms with Crippen LogP contribution in [0, 0.1) is 5.92 Å². The van der Waals surface area contributed by atoms with Gasteiger partial charge in [-0.05, 0) is 38.0 Å². The molecule has 1 amide bonds. The maximum Gasteiger partial charge on any atom is 0.273 e. The van der Waals surface area contributed by atoms with Gasteiger partial charge >= 0.3 is 0 Å². The highest BCUT2D eigenvalue weighted by molar-refractivity contribution is 5.94. The summed E-state index contributed by atoms with van der Waals surface area (Å²) in [4.78, 5) is 12.4. The Morgan fingerprint density at radius 2 is 2.00 bits per heavy atom. The van der Waals surface area contributed by atoms with Crippen LogP contribution in [0.4, 0.5) is 0 Å². The summed E-state index contributed by atoms with van der Waals surface area (Å²) in [6.07, 6.45) is 8.93. The van der Waals surface area contributed by atoms with Crippen molar-refractivity contribution in [3.8, 4) is 0 Å². The number of aromatic nitrogens is 1. The lowest BCUT2D eigenvalue weighted by atomic mass is 9.86. The van der Waals surface area contributed by atoms with E-state index in [-0.39, 0.29) is 5.91 Å². The highest BCUT2D eigenvalue weighted by atomic mass is 16.5. The molecule has 0 bridgehead atoms. The van der Waals surface area contributed by atoms with E-state index in [1.807, 2.05) is 0 Å². The zero-order valence-electron chi connectivity index (χ0n) is 11.6. The van der Waals surface area contributed by atoms with Crippen LogP contribution in [0.3, 0.4) is 0 Å². The number of carbonyl (C=O) groups is 1. The number of nitrogens with one attached hydrogen (secondary N) is 1. The number of rotatable bonds is 2. The fourth-order valence-corrected chi connectivity index (χ4v) is 3.33. The van der Waals surface area contributed by atoms with Crippen LogP contribution in [0.5, 0.6) is 0 Å². The van der Waals surface area contributed by atoms with Gasteiger partial charge in [0.25, 0.3) is 5.91 Å². The van der Waals surface area contributed by atoms with Crippen LogP contribution in [0.1, 0.15) is 67.3 Å². The molecule has 0 aliphatic heterocycles. The Bertz CT molecular complexity index is 467. The number of aryl methyl sites for hydroxylation is 1. The Morgan fingerprint density at radius 3 is 2.84 bits per heavy atom. The lowest BCUT2D eigenvalue weighted by molar-refractivity contribution is 0.0900. The molecule has 19 heavy (non-hydrogen) atoms. The van der Waals surface area contributed by atoms with E-state index in [1.54, 1.807) is 0 Å². The van der Waals surface area contributed by atoms with Gasteiger partial charge in [0, 0.05) is 18.0 Å². The molecule has 1 N–H and O–H groups in total. The van der Waals surface area contributed by atoms with E-state index < -0.39 is 0 Å². The molecule has 2 aliphatic carbocycles. The Morgan fingerprint density at radius 1 is 1.21 bits per heavy atom. The first kappa shape index (κ1) is 12.7. The van der Waals surface area contributed by atoms with E-state index in [9.17, 15) is 4.79 Å². The molecule has 0 radical (unpaired) electrons. The third-order valence-corrected chi connectivity index (χ3v) is 4.59. The fraction of sp³-hybridized carbons (Fsp3) is 0.733. The van der Waals surface area contributed by atoms with Crippen molar-refractivity contribution in [2.24, 2.45) is 5.92 Å². The second-order valence-corrected chi connectivity index (χ2v) is 5.98. The van der Waals surface area contributed by atoms with Crippen LogP contribution in [-0.4, -0.2) is 17.1 Å². The van der Waals surface area contributed by atoms with Crippen LogP contribution in [0.2, 0.25) is 0 Å². The molecule has 0 saturated heterocycles. The zero-order valence-corrected chi connectivity index (χ0v) is 11.6. The van der Waals surface area contributed by atoms with Crippen molar-refractivity contribution in [2.75, 3.05) is 0 Å². The summed E-state index contributed by atoms with van der Waals surface area (Å²) in [5, 5.41) is 7.16. The van der Waals surface area contributed by atoms with Crippen molar-refractivity contribution in [1.29, 1.82) is 0 Å². The minimum absolute atomic E-state index is 0.0364. The molecule has 1 fully saturated rings. The van der Waals surface area contributed by atoms with Crippen molar-refractivity contribution < 1.29 is 9.32 Å². The molecule has 104 valence electrons. The van der Waals surface area contributed by atoms with Gasteiger partial charge in [0.1, 0.15) is 5.76 Å². The predicted molar refractivity (Wildman–Crippen MR) is 72.0 cm³/mol. The molecular weight excluding hydrogens is 240 g/mol. The first-order chi connectivity index (χ1) is 9.25. The Kier molecular flexibility index (Phi) is 3.58. The van der Waals surface area contributed by atoms with Gasteiger partial charge in [0.15, 0.2) is 5.69 Å². The van der Waals surface area contributed by atoms with Gasteiger partial charge < -0.3 is 9.84 Å². The summed E-state index contributed by atoms with van der Waals surface area (Å²) >= 11 is 0. The van der Waals surface area contributed by atoms with Gasteiger partial charge in [-0.25, -0.2) is 0 Å². The maximum absolute atomic E-state index is 12.4. The van der Waals surface area contributed by atoms with Crippen molar-refractivity contribution in [3.05, 3.63) is 17.0 Å². The Labute approximate surface area is 113 Å². The third-order valence-electron chi connectivity index (χ3n) is 4.59. The molecule has 1 aromatic heterocycles. The highest BCUT2D eigenvalue weighted by Crippen LogP contribution is 2.26. The van der Waals surface area contributed by atoms with Crippen molar-refractivity contribution >= 4 is 5.91 Å². The van der Waals surface area contributed by atoms with Crippen LogP contribution in [0.25, 0.3) is 0 Å². The molecule has 0 unspecified atom stereocenters. The molecule has 0 spiro atoms. The summed E-state index contributed by atoms with van der Waals surface area (Å²) < 4.78 is 5.31. The Hall–Kier alpha value is -1.32. The summed E-state index contributed by atoms with van der Waals surface area (Å²) in [5.41, 5.74) is 1.58. The fourth-order valence-electron chi connectivity index (χ4n) is 3.33. The molecule has 2 aliphatic rings. The molecule has 1 heterocycles. The van der Waals surface area contributed by atoms with Crippen LogP contribution in [-0.2, 0) is 12.8 Å². The average molecular weight is 262 g/mol. The maximum atomic E-state index is 12.4. The standard InChI is InChI=1S/C15H22N2O2/c1-10-6-2-4-8-12(10)16-15(18)14-11-7-3-5-9-13(11)19-17-14/h10,12H,2-9H2,1H3,(H,16,18)/t10-,12-/m1/s1. The van der Waals surface area contributed by atoms with E-state index in [1.165, 1.54) is 19.3 Å². The van der Waals surface area contributed by atoms with E-state index >= 15 is 0 Å². The molecule has 2 atom stereocenters. The quantitative estimate of drug-likeness (QED) is 0.891. The molecule has 1 aromatic rings. The van der Waals surface area contributed by atoms with E-state index in [0.717, 1.165) is 43.4 Å². The number of amides is 1. The molecule has 0 aromatic carbocycles. The summed E-state index contributed by atoms with van der Waals surface area (Å²) in [7, 11) is 0. The topological polar surface area (TPSA) is 55.1 Å². The summed E-state index contributed by atoms with van der Waals surface area (Å²) in [6, 6.07) is 0.303. The monoisotopic (exact) mass is 262 g/mol. The smallest absolute Gasteiger partial charge is 0.273 e. The zero-order chi connectivity index (χ0) is 13.2. The van der Waals surface area contributed by atoms with Gasteiger partial charge in [0.2, 0.25) is 0 Å². The first-order valence-electron chi connectivity index (χ1n) is 7.54. The van der Waals surface area contributed by atoms with Gasteiger partial charge in [0.05, 0.1) is 0 Å². The number of fused-ring (bicyclic) bond motifs is 1. The van der Waals surface area contributed by atoms with Crippen LogP contribution in [0.15, 0.2) is 4.52 Å². The minimum Gasteiger partial charge on any atom is -0.360 e. The van der Waals surface area contributed by atoms with E-state index in [2.05, 4.69) is 17.4 Å². The van der Waals surface area contributed by atoms with E-state index in [4.69, 9.17) is 4.52 Å². The van der Waals surface area contributed by atoms with Gasteiger partial charge in [-0.15, -0.1) is 0 Å². The first-order valence-corrected chi connectivity index (χ1v) is 7.54. The molecular formula is C15H22N2O2. The second kappa shape index (κ2) is 5.35. The minimum atomic E-state index is -0.0364. The van der Waals surface area contributed by atoms with E-state index in [0.29, 0.717) is 17.7 Å². The number of nitrogens with zero attached hydrogens (tertiary/aromatic N) is 1. The third kappa shape index (κ3) is 2.53. The predicted octanol–water partition coefficient (Wildman–Crippen LogP) is 2.86. The lowest BCUT2D eigenvalue weighted by Crippen LogP contribution is -2.41. The van der Waals surface area contributed by atoms with Crippen LogP contribution >= 0.6 is 0 Å². The normalized spacial score (nSPS) is 26.8. The lowest BCUT2D eigenvalue weighted by Gasteiger charge is -2.29. The molecule has 4 heteroatoms. The summed E-state index contributed by atoms with van der Waals surface area (Å²) in [5.74, 6) is 1.46. The molecule has 4 nitrogen and oxygen atoms in total. The van der Waals surface area contributed by atoms with Crippen molar-refractivity contribution in [1.82, 2.24) is 10.5 Å². The van der Waals surface area contributed by atoms with Crippen molar-refractivity contribution in [2.45, 2.75) is 64.3 Å². The average Bonchev–Trinajstić information content (AvgIpc) is 2.85. The van der Waals surface area contributed by atoms with Crippen molar-refractivity contribution in [3.63, 3.8) is 0 Å². The number of hydrogen-bond donors (Lipinski definition) is 1. The number of hydrogen-bond acceptors (Lipinski definition) is 3. The summed E-state index contributed by atoms with van der Waals surface area (Å²) in [6.45, 7) is 2.22. The molecule has 1 saturated carbocycles. The highest BCUT2D eigenvalue weighted by Gasteiger charge is 2.28. The van der Waals surface area contributed by atoms with Gasteiger partial charge in [-0.1, -0.05) is 24.9 Å². The second-order valence-electron chi connectivity index (χ2n) is 5.98. The molecule has 3 rings (SSSR count). The van der Waals surface area contributed by atoms with Gasteiger partial charge in [-0.3, -0.25) is 4.79 Å². The SMILES string of the molecule is C[C@@H]1CCCC[C@H]1NC(=O)c1noc2c1CCCC2. The largest absolute Gasteiger partial charge is 0.360 e.